The van der Waals surface area contributed by atoms with Gasteiger partial charge in [0.1, 0.15) is 11.3 Å². The molecule has 4 aromatic rings. The molecule has 0 spiro atoms. The molecule has 0 bridgehead atoms. The summed E-state index contributed by atoms with van der Waals surface area (Å²) in [6, 6.07) is 13.0. The van der Waals surface area contributed by atoms with Crippen LogP contribution in [0.3, 0.4) is 0 Å². The zero-order chi connectivity index (χ0) is 18.9. The molecule has 10 heteroatoms. The molecule has 7 nitrogen and oxygen atoms in total. The van der Waals surface area contributed by atoms with Gasteiger partial charge in [0.25, 0.3) is 0 Å². The van der Waals surface area contributed by atoms with Crippen LogP contribution in [0, 0.1) is 0 Å². The quantitative estimate of drug-likeness (QED) is 0.545. The van der Waals surface area contributed by atoms with Gasteiger partial charge in [-0.1, -0.05) is 12.1 Å². The minimum atomic E-state index is -4.70. The summed E-state index contributed by atoms with van der Waals surface area (Å²) in [7, 11) is 0. The Hall–Kier alpha value is -3.56. The highest BCUT2D eigenvalue weighted by Gasteiger charge is 2.30. The first kappa shape index (κ1) is 16.9. The van der Waals surface area contributed by atoms with Crippen LogP contribution in [0.15, 0.2) is 52.9 Å². The van der Waals surface area contributed by atoms with Crippen LogP contribution >= 0.6 is 0 Å². The lowest BCUT2D eigenvalue weighted by atomic mass is 10.1. The first-order valence-corrected chi connectivity index (χ1v) is 7.82. The van der Waals surface area contributed by atoms with E-state index in [2.05, 4.69) is 30.7 Å². The number of fused-ring (bicyclic) bond motifs is 1. The predicted molar refractivity (Wildman–Crippen MR) is 89.8 cm³/mol. The molecule has 0 aliphatic carbocycles. The second-order valence-corrected chi connectivity index (χ2v) is 5.64. The number of halogens is 3. The highest BCUT2D eigenvalue weighted by atomic mass is 19.4. The SMILES string of the molecule is FC(F)(F)Oc1ccc(NCc2ccc3cc(-c4nn[nH]n4)oc3c2)cc1. The van der Waals surface area contributed by atoms with Crippen LogP contribution in [-0.4, -0.2) is 27.0 Å². The fraction of sp³-hybridized carbons (Fsp3) is 0.118. The second kappa shape index (κ2) is 6.63. The fourth-order valence-electron chi connectivity index (χ4n) is 2.54. The molecule has 138 valence electrons. The van der Waals surface area contributed by atoms with Crippen molar-refractivity contribution in [3.63, 3.8) is 0 Å². The third-order valence-electron chi connectivity index (χ3n) is 3.73. The van der Waals surface area contributed by atoms with Crippen molar-refractivity contribution in [3.8, 4) is 17.3 Å². The molecule has 0 saturated carbocycles. The number of aromatic nitrogens is 4. The molecule has 2 aromatic heterocycles. The lowest BCUT2D eigenvalue weighted by Gasteiger charge is -2.10. The Balaban J connectivity index is 1.44. The van der Waals surface area contributed by atoms with Gasteiger partial charge < -0.3 is 14.5 Å². The molecule has 2 N–H and O–H groups in total. The van der Waals surface area contributed by atoms with Gasteiger partial charge in [-0.25, -0.2) is 0 Å². The molecule has 0 radical (unpaired) electrons. The van der Waals surface area contributed by atoms with Crippen molar-refractivity contribution in [3.05, 3.63) is 54.1 Å². The van der Waals surface area contributed by atoms with Gasteiger partial charge in [0.05, 0.1) is 0 Å². The fourth-order valence-corrected chi connectivity index (χ4v) is 2.54. The molecular formula is C17H12F3N5O2. The number of tetrazole rings is 1. The van der Waals surface area contributed by atoms with Crippen LogP contribution in [0.25, 0.3) is 22.6 Å². The van der Waals surface area contributed by atoms with Gasteiger partial charge in [0, 0.05) is 17.6 Å². The maximum atomic E-state index is 12.2. The van der Waals surface area contributed by atoms with Crippen molar-refractivity contribution in [2.75, 3.05) is 5.32 Å². The van der Waals surface area contributed by atoms with Crippen LogP contribution in [0.2, 0.25) is 0 Å². The van der Waals surface area contributed by atoms with E-state index in [1.807, 2.05) is 24.3 Å². The highest BCUT2D eigenvalue weighted by molar-refractivity contribution is 5.82. The third kappa shape index (κ3) is 4.00. The number of nitrogens with one attached hydrogen (secondary N) is 2. The molecule has 4 rings (SSSR count). The van der Waals surface area contributed by atoms with E-state index < -0.39 is 6.36 Å². The number of benzene rings is 2. The van der Waals surface area contributed by atoms with Crippen molar-refractivity contribution in [1.82, 2.24) is 20.6 Å². The average molecular weight is 375 g/mol. The normalized spacial score (nSPS) is 11.7. The van der Waals surface area contributed by atoms with Crippen LogP contribution in [0.1, 0.15) is 5.56 Å². The molecular weight excluding hydrogens is 363 g/mol. The molecule has 2 aromatic carbocycles. The lowest BCUT2D eigenvalue weighted by molar-refractivity contribution is -0.274. The Bertz CT molecular complexity index is 1040. The molecule has 0 atom stereocenters. The van der Waals surface area contributed by atoms with Crippen molar-refractivity contribution >= 4 is 16.7 Å². The summed E-state index contributed by atoms with van der Waals surface area (Å²) >= 11 is 0. The number of hydrogen-bond acceptors (Lipinski definition) is 6. The number of alkyl halides is 3. The number of furan rings is 1. The summed E-state index contributed by atoms with van der Waals surface area (Å²) in [5.74, 6) is 0.607. The van der Waals surface area contributed by atoms with E-state index in [1.54, 1.807) is 0 Å². The van der Waals surface area contributed by atoms with Crippen molar-refractivity contribution in [1.29, 1.82) is 0 Å². The largest absolute Gasteiger partial charge is 0.573 e. The monoisotopic (exact) mass is 375 g/mol. The standard InChI is InChI=1S/C17H12F3N5O2/c18-17(19,20)27-13-5-3-12(4-6-13)21-9-10-1-2-11-8-15(26-14(11)7-10)16-22-24-25-23-16/h1-8,21H,9H2,(H,22,23,24,25). The molecule has 0 amide bonds. The summed E-state index contributed by atoms with van der Waals surface area (Å²) in [5, 5.41) is 17.6. The Labute approximate surface area is 150 Å². The number of aromatic amines is 1. The van der Waals surface area contributed by atoms with Gasteiger partial charge in [-0.2, -0.15) is 5.21 Å². The van der Waals surface area contributed by atoms with E-state index >= 15 is 0 Å². The van der Waals surface area contributed by atoms with Crippen LogP contribution in [0.5, 0.6) is 5.75 Å². The van der Waals surface area contributed by atoms with Crippen LogP contribution in [0.4, 0.5) is 18.9 Å². The minimum absolute atomic E-state index is 0.265. The molecule has 27 heavy (non-hydrogen) atoms. The molecule has 0 saturated heterocycles. The van der Waals surface area contributed by atoms with Gasteiger partial charge in [0.2, 0.25) is 5.82 Å². The first-order chi connectivity index (χ1) is 13.0. The van der Waals surface area contributed by atoms with E-state index in [0.717, 1.165) is 10.9 Å². The maximum Gasteiger partial charge on any atom is 0.573 e. The first-order valence-electron chi connectivity index (χ1n) is 7.82. The van der Waals surface area contributed by atoms with E-state index in [1.165, 1.54) is 24.3 Å². The van der Waals surface area contributed by atoms with E-state index in [4.69, 9.17) is 4.42 Å². The zero-order valence-corrected chi connectivity index (χ0v) is 13.6. The van der Waals surface area contributed by atoms with Gasteiger partial charge in [-0.05, 0) is 47.2 Å². The molecule has 2 heterocycles. The smallest absolute Gasteiger partial charge is 0.453 e. The molecule has 0 fully saturated rings. The Morgan fingerprint density at radius 3 is 2.59 bits per heavy atom. The number of ether oxygens (including phenoxy) is 1. The Morgan fingerprint density at radius 1 is 1.07 bits per heavy atom. The second-order valence-electron chi connectivity index (χ2n) is 5.64. The van der Waals surface area contributed by atoms with Crippen molar-refractivity contribution in [2.24, 2.45) is 0 Å². The van der Waals surface area contributed by atoms with Gasteiger partial charge in [-0.3, -0.25) is 0 Å². The van der Waals surface area contributed by atoms with Crippen molar-refractivity contribution in [2.45, 2.75) is 12.9 Å². The van der Waals surface area contributed by atoms with Crippen molar-refractivity contribution < 1.29 is 22.3 Å². The Morgan fingerprint density at radius 2 is 1.89 bits per heavy atom. The van der Waals surface area contributed by atoms with E-state index in [9.17, 15) is 13.2 Å². The predicted octanol–water partition coefficient (Wildman–Crippen LogP) is 4.12. The maximum absolute atomic E-state index is 12.2. The molecule has 0 aliphatic heterocycles. The van der Waals surface area contributed by atoms with Crippen LogP contribution in [-0.2, 0) is 6.54 Å². The molecule has 0 unspecified atom stereocenters. The summed E-state index contributed by atoms with van der Waals surface area (Å²) in [6.45, 7) is 0.466. The summed E-state index contributed by atoms with van der Waals surface area (Å²) < 4.78 is 46.1. The number of nitrogens with zero attached hydrogens (tertiary/aromatic N) is 3. The summed E-state index contributed by atoms with van der Waals surface area (Å²) in [5.41, 5.74) is 2.27. The topological polar surface area (TPSA) is 88.9 Å². The average Bonchev–Trinajstić information content (AvgIpc) is 3.28. The third-order valence-corrected chi connectivity index (χ3v) is 3.73. The number of rotatable bonds is 5. The minimum Gasteiger partial charge on any atom is -0.453 e. The van der Waals surface area contributed by atoms with Gasteiger partial charge >= 0.3 is 6.36 Å². The van der Waals surface area contributed by atoms with Gasteiger partial charge in [0.15, 0.2) is 5.76 Å². The zero-order valence-electron chi connectivity index (χ0n) is 13.6. The van der Waals surface area contributed by atoms with Crippen LogP contribution < -0.4 is 10.1 Å². The van der Waals surface area contributed by atoms with E-state index in [-0.39, 0.29) is 5.75 Å². The summed E-state index contributed by atoms with van der Waals surface area (Å²) in [6.07, 6.45) is -4.70. The Kier molecular flexibility index (Phi) is 4.15. The number of hydrogen-bond donors (Lipinski definition) is 2. The highest BCUT2D eigenvalue weighted by Crippen LogP contribution is 2.27. The summed E-state index contributed by atoms with van der Waals surface area (Å²) in [4.78, 5) is 0. The molecule has 0 aliphatic rings. The van der Waals surface area contributed by atoms with Gasteiger partial charge in [-0.15, -0.1) is 23.4 Å². The number of anilines is 1. The van der Waals surface area contributed by atoms with E-state index in [0.29, 0.717) is 29.4 Å². The lowest BCUT2D eigenvalue weighted by Crippen LogP contribution is -2.17. The number of H-pyrrole nitrogens is 1.